The maximum atomic E-state index is 13.7. The molecule has 0 spiro atoms. The minimum atomic E-state index is -1.67. The van der Waals surface area contributed by atoms with Crippen LogP contribution in [0.3, 0.4) is 0 Å². The van der Waals surface area contributed by atoms with Gasteiger partial charge in [0.2, 0.25) is 11.3 Å². The number of hydrogen-bond acceptors (Lipinski definition) is 3. The van der Waals surface area contributed by atoms with Crippen LogP contribution in [0.2, 0.25) is 0 Å². The molecule has 0 aliphatic carbocycles. The van der Waals surface area contributed by atoms with Crippen LogP contribution >= 0.6 is 0 Å². The van der Waals surface area contributed by atoms with E-state index in [1.54, 1.807) is 24.3 Å². The zero-order chi connectivity index (χ0) is 18.1. The highest BCUT2D eigenvalue weighted by atomic mass is 19.2. The highest BCUT2D eigenvalue weighted by molar-refractivity contribution is 5.94. The van der Waals surface area contributed by atoms with E-state index in [1.807, 2.05) is 0 Å². The van der Waals surface area contributed by atoms with E-state index in [1.165, 1.54) is 11.6 Å². The fraction of sp³-hybridized carbons (Fsp3) is 0.118. The van der Waals surface area contributed by atoms with Gasteiger partial charge in [0.25, 0.3) is 0 Å². The van der Waals surface area contributed by atoms with E-state index < -0.39 is 35.1 Å². The number of fused-ring (bicyclic) bond motifs is 1. The van der Waals surface area contributed by atoms with Crippen molar-refractivity contribution in [1.29, 1.82) is 0 Å². The largest absolute Gasteiger partial charge is 0.322 e. The third-order valence-electron chi connectivity index (χ3n) is 3.76. The summed E-state index contributed by atoms with van der Waals surface area (Å²) in [5, 5.41) is 6.51. The highest BCUT2D eigenvalue weighted by Crippen LogP contribution is 2.21. The lowest BCUT2D eigenvalue weighted by Gasteiger charge is -2.17. The summed E-state index contributed by atoms with van der Waals surface area (Å²) >= 11 is 0. The number of nitrogens with zero attached hydrogens (tertiary/aromatic N) is 2. The molecule has 0 fully saturated rings. The van der Waals surface area contributed by atoms with Gasteiger partial charge in [-0.2, -0.15) is 5.10 Å². The van der Waals surface area contributed by atoms with Gasteiger partial charge in [0, 0.05) is 5.39 Å². The molecule has 0 aliphatic rings. The van der Waals surface area contributed by atoms with Crippen LogP contribution < -0.4 is 10.7 Å². The average Bonchev–Trinajstić information content (AvgIpc) is 2.62. The number of rotatable bonds is 3. The Kier molecular flexibility index (Phi) is 4.26. The third-order valence-corrected chi connectivity index (χ3v) is 3.76. The van der Waals surface area contributed by atoms with Crippen molar-refractivity contribution in [3.63, 3.8) is 0 Å². The molecule has 1 atom stereocenters. The molecule has 1 N–H and O–H groups in total. The van der Waals surface area contributed by atoms with Crippen molar-refractivity contribution in [2.75, 3.05) is 5.32 Å². The van der Waals surface area contributed by atoms with Gasteiger partial charge in [0.15, 0.2) is 17.5 Å². The number of nitrogens with one attached hydrogen (secondary N) is 1. The van der Waals surface area contributed by atoms with Crippen molar-refractivity contribution >= 4 is 22.5 Å². The predicted molar refractivity (Wildman–Crippen MR) is 85.7 cm³/mol. The van der Waals surface area contributed by atoms with Crippen molar-refractivity contribution in [3.8, 4) is 0 Å². The van der Waals surface area contributed by atoms with Crippen LogP contribution in [0.4, 0.5) is 18.9 Å². The van der Waals surface area contributed by atoms with Crippen LogP contribution in [0.25, 0.3) is 10.9 Å². The number of carbonyl (C=O) groups is 1. The maximum Gasteiger partial charge on any atom is 0.249 e. The summed E-state index contributed by atoms with van der Waals surface area (Å²) in [5.41, 5.74) is -0.365. The maximum absolute atomic E-state index is 13.7. The molecule has 0 unspecified atom stereocenters. The molecule has 1 amide bonds. The molecule has 0 aliphatic heterocycles. The summed E-state index contributed by atoms with van der Waals surface area (Å²) in [6.07, 6.45) is 1.07. The molecule has 128 valence electrons. The van der Waals surface area contributed by atoms with Gasteiger partial charge in [-0.15, -0.1) is 0 Å². The van der Waals surface area contributed by atoms with Crippen molar-refractivity contribution in [1.82, 2.24) is 9.78 Å². The first-order valence-electron chi connectivity index (χ1n) is 7.31. The lowest BCUT2D eigenvalue weighted by molar-refractivity contribution is -0.119. The van der Waals surface area contributed by atoms with Gasteiger partial charge in [-0.25, -0.2) is 13.2 Å². The van der Waals surface area contributed by atoms with E-state index in [4.69, 9.17) is 0 Å². The Morgan fingerprint density at radius 2 is 1.84 bits per heavy atom. The number of halogens is 3. The molecule has 0 bridgehead atoms. The lowest BCUT2D eigenvalue weighted by atomic mass is 10.2. The average molecular weight is 347 g/mol. The summed E-state index contributed by atoms with van der Waals surface area (Å²) in [5.74, 6) is -5.21. The zero-order valence-electron chi connectivity index (χ0n) is 13.0. The summed E-state index contributed by atoms with van der Waals surface area (Å²) < 4.78 is 41.2. The Labute approximate surface area is 139 Å². The van der Waals surface area contributed by atoms with E-state index in [2.05, 4.69) is 10.4 Å². The molecule has 2 aromatic carbocycles. The molecule has 8 heteroatoms. The van der Waals surface area contributed by atoms with E-state index in [-0.39, 0.29) is 5.43 Å². The Hall–Kier alpha value is -3.16. The quantitative estimate of drug-likeness (QED) is 0.741. The van der Waals surface area contributed by atoms with Crippen LogP contribution in [0.15, 0.2) is 47.4 Å². The van der Waals surface area contributed by atoms with Crippen molar-refractivity contribution < 1.29 is 18.0 Å². The van der Waals surface area contributed by atoms with Gasteiger partial charge in [-0.3, -0.25) is 14.3 Å². The van der Waals surface area contributed by atoms with Gasteiger partial charge in [0.05, 0.1) is 17.4 Å². The first kappa shape index (κ1) is 16.7. The summed E-state index contributed by atoms with van der Waals surface area (Å²) in [7, 11) is 0. The second-order valence-corrected chi connectivity index (χ2v) is 5.36. The molecule has 0 saturated heterocycles. The minimum Gasteiger partial charge on any atom is -0.322 e. The molecule has 3 aromatic rings. The summed E-state index contributed by atoms with van der Waals surface area (Å²) in [6, 6.07) is 7.27. The fourth-order valence-corrected chi connectivity index (χ4v) is 2.41. The zero-order valence-corrected chi connectivity index (χ0v) is 13.0. The molecule has 3 rings (SSSR count). The first-order chi connectivity index (χ1) is 11.9. The Morgan fingerprint density at radius 3 is 2.60 bits per heavy atom. The fourth-order valence-electron chi connectivity index (χ4n) is 2.41. The predicted octanol–water partition coefficient (Wildman–Crippen LogP) is 3.01. The van der Waals surface area contributed by atoms with Crippen LogP contribution in [0.1, 0.15) is 13.0 Å². The van der Waals surface area contributed by atoms with E-state index >= 15 is 0 Å². The van der Waals surface area contributed by atoms with Gasteiger partial charge in [-0.1, -0.05) is 12.1 Å². The molecule has 0 saturated carbocycles. The molecule has 1 heterocycles. The first-order valence-corrected chi connectivity index (χ1v) is 7.31. The number of anilines is 1. The summed E-state index contributed by atoms with van der Waals surface area (Å²) in [6.45, 7) is 1.48. The van der Waals surface area contributed by atoms with Gasteiger partial charge < -0.3 is 5.32 Å². The summed E-state index contributed by atoms with van der Waals surface area (Å²) in [4.78, 5) is 24.2. The van der Waals surface area contributed by atoms with Crippen molar-refractivity contribution in [2.24, 2.45) is 0 Å². The SMILES string of the molecule is C[C@@H](C(=O)Nc1ccc(F)c(F)c1F)n1ncc(=O)c2ccccc21. The molecule has 25 heavy (non-hydrogen) atoms. The number of benzene rings is 2. The van der Waals surface area contributed by atoms with Gasteiger partial charge in [-0.05, 0) is 31.2 Å². The Balaban J connectivity index is 1.95. The normalized spacial score (nSPS) is 12.2. The van der Waals surface area contributed by atoms with Crippen LogP contribution in [-0.4, -0.2) is 15.7 Å². The Bertz CT molecular complexity index is 1030. The number of carbonyl (C=O) groups excluding carboxylic acids is 1. The molecular formula is C17H12F3N3O2. The number of amides is 1. The minimum absolute atomic E-state index is 0.300. The topological polar surface area (TPSA) is 64.0 Å². The van der Waals surface area contributed by atoms with E-state index in [9.17, 15) is 22.8 Å². The number of aromatic nitrogens is 2. The Morgan fingerprint density at radius 1 is 1.12 bits per heavy atom. The molecule has 0 radical (unpaired) electrons. The highest BCUT2D eigenvalue weighted by Gasteiger charge is 2.21. The molecule has 5 nitrogen and oxygen atoms in total. The second kappa shape index (κ2) is 6.39. The van der Waals surface area contributed by atoms with Gasteiger partial charge in [0.1, 0.15) is 6.04 Å². The van der Waals surface area contributed by atoms with Crippen molar-refractivity contribution in [3.05, 3.63) is 70.3 Å². The molecular weight excluding hydrogens is 335 g/mol. The van der Waals surface area contributed by atoms with Crippen LogP contribution in [-0.2, 0) is 4.79 Å². The van der Waals surface area contributed by atoms with Crippen LogP contribution in [0.5, 0.6) is 0 Å². The smallest absolute Gasteiger partial charge is 0.249 e. The van der Waals surface area contributed by atoms with Gasteiger partial charge >= 0.3 is 0 Å². The standard InChI is InChI=1S/C17H12F3N3O2/c1-9(17(25)22-12-7-6-11(18)15(19)16(12)20)23-13-5-3-2-4-10(13)14(24)8-21-23/h2-9H,1H3,(H,22,25)/t9-/m0/s1. The monoisotopic (exact) mass is 347 g/mol. The van der Waals surface area contributed by atoms with E-state index in [0.29, 0.717) is 17.0 Å². The lowest BCUT2D eigenvalue weighted by Crippen LogP contribution is -2.27. The van der Waals surface area contributed by atoms with E-state index in [0.717, 1.165) is 12.3 Å². The second-order valence-electron chi connectivity index (χ2n) is 5.36. The molecule has 1 aromatic heterocycles. The third kappa shape index (κ3) is 2.98. The van der Waals surface area contributed by atoms with Crippen molar-refractivity contribution in [2.45, 2.75) is 13.0 Å². The number of hydrogen-bond donors (Lipinski definition) is 1. The van der Waals surface area contributed by atoms with Crippen LogP contribution in [0, 0.1) is 17.5 Å². The number of para-hydroxylation sites is 1.